The summed E-state index contributed by atoms with van der Waals surface area (Å²) in [4.78, 5) is 0. The summed E-state index contributed by atoms with van der Waals surface area (Å²) in [6.45, 7) is 4.52. The van der Waals surface area contributed by atoms with Gasteiger partial charge in [0, 0.05) is 11.6 Å². The van der Waals surface area contributed by atoms with Crippen LogP contribution in [-0.2, 0) is 0 Å². The molecule has 1 aromatic carbocycles. The number of hydrogen-bond donors (Lipinski definition) is 2. The number of phenols is 1. The standard InChI is InChI=1S/C17H27NO3/c1-3-4-5-6-7-8-9-12-21-15-10-11-16(14(2)18-20)17(19)13-15/h10-11,13,19-20H,3-9,12H2,1-2H3/b18-14+. The molecule has 4 heteroatoms. The number of hydrogen-bond acceptors (Lipinski definition) is 4. The lowest BCUT2D eigenvalue weighted by molar-refractivity contribution is 0.302. The predicted molar refractivity (Wildman–Crippen MR) is 85.6 cm³/mol. The molecule has 1 aromatic rings. The normalized spacial score (nSPS) is 11.6. The maximum absolute atomic E-state index is 9.84. The Morgan fingerprint density at radius 3 is 2.38 bits per heavy atom. The van der Waals surface area contributed by atoms with Crippen molar-refractivity contribution >= 4 is 5.71 Å². The highest BCUT2D eigenvalue weighted by molar-refractivity contribution is 6.00. The molecule has 0 saturated carbocycles. The van der Waals surface area contributed by atoms with E-state index in [1.165, 1.54) is 38.5 Å². The van der Waals surface area contributed by atoms with Crippen LogP contribution in [0.3, 0.4) is 0 Å². The molecule has 0 fully saturated rings. The zero-order chi connectivity index (χ0) is 15.5. The molecule has 0 spiro atoms. The molecular formula is C17H27NO3. The zero-order valence-electron chi connectivity index (χ0n) is 13.1. The summed E-state index contributed by atoms with van der Waals surface area (Å²) >= 11 is 0. The van der Waals surface area contributed by atoms with Crippen LogP contribution in [0.4, 0.5) is 0 Å². The molecule has 4 nitrogen and oxygen atoms in total. The summed E-state index contributed by atoms with van der Waals surface area (Å²) in [5.41, 5.74) is 0.895. The van der Waals surface area contributed by atoms with Gasteiger partial charge >= 0.3 is 0 Å². The van der Waals surface area contributed by atoms with Gasteiger partial charge in [0.1, 0.15) is 11.5 Å². The van der Waals surface area contributed by atoms with E-state index in [-0.39, 0.29) is 5.75 Å². The first kappa shape index (κ1) is 17.3. The van der Waals surface area contributed by atoms with E-state index in [2.05, 4.69) is 12.1 Å². The Labute approximate surface area is 127 Å². The Morgan fingerprint density at radius 1 is 1.10 bits per heavy atom. The van der Waals surface area contributed by atoms with Gasteiger partial charge in [-0.3, -0.25) is 0 Å². The molecule has 0 amide bonds. The van der Waals surface area contributed by atoms with Gasteiger partial charge in [-0.15, -0.1) is 0 Å². The van der Waals surface area contributed by atoms with Crippen LogP contribution in [0.1, 0.15) is 64.4 Å². The van der Waals surface area contributed by atoms with Crippen LogP contribution in [0.2, 0.25) is 0 Å². The number of unbranched alkanes of at least 4 members (excludes halogenated alkanes) is 6. The van der Waals surface area contributed by atoms with Crippen molar-refractivity contribution in [2.45, 2.75) is 58.8 Å². The van der Waals surface area contributed by atoms with Crippen molar-refractivity contribution in [3.63, 3.8) is 0 Å². The first-order valence-electron chi connectivity index (χ1n) is 7.84. The Balaban J connectivity index is 2.25. The third-order valence-corrected chi connectivity index (χ3v) is 3.53. The molecule has 0 aromatic heterocycles. The van der Waals surface area contributed by atoms with Gasteiger partial charge in [0.2, 0.25) is 0 Å². The van der Waals surface area contributed by atoms with Crippen LogP contribution >= 0.6 is 0 Å². The number of oxime groups is 1. The molecule has 0 unspecified atom stereocenters. The largest absolute Gasteiger partial charge is 0.507 e. The van der Waals surface area contributed by atoms with Gasteiger partial charge in [0.15, 0.2) is 0 Å². The maximum atomic E-state index is 9.84. The summed E-state index contributed by atoms with van der Waals surface area (Å²) in [6.07, 6.45) is 8.73. The second kappa shape index (κ2) is 10.1. The van der Waals surface area contributed by atoms with Crippen molar-refractivity contribution in [1.82, 2.24) is 0 Å². The van der Waals surface area contributed by atoms with Gasteiger partial charge in [-0.1, -0.05) is 50.6 Å². The van der Waals surface area contributed by atoms with Crippen LogP contribution in [0.5, 0.6) is 11.5 Å². The monoisotopic (exact) mass is 293 g/mol. The molecule has 21 heavy (non-hydrogen) atoms. The summed E-state index contributed by atoms with van der Waals surface area (Å²) in [7, 11) is 0. The van der Waals surface area contributed by atoms with Crippen LogP contribution in [0, 0.1) is 0 Å². The minimum Gasteiger partial charge on any atom is -0.507 e. The van der Waals surface area contributed by atoms with Gasteiger partial charge in [-0.05, 0) is 25.5 Å². The molecule has 2 N–H and O–H groups in total. The third kappa shape index (κ3) is 6.52. The molecule has 1 rings (SSSR count). The van der Waals surface area contributed by atoms with E-state index in [0.29, 0.717) is 23.6 Å². The minimum atomic E-state index is 0.0716. The van der Waals surface area contributed by atoms with Crippen LogP contribution in [0.25, 0.3) is 0 Å². The van der Waals surface area contributed by atoms with Crippen molar-refractivity contribution in [3.05, 3.63) is 23.8 Å². The fourth-order valence-electron chi connectivity index (χ4n) is 2.21. The van der Waals surface area contributed by atoms with Crippen molar-refractivity contribution in [2.24, 2.45) is 5.16 Å². The molecule has 0 aliphatic heterocycles. The van der Waals surface area contributed by atoms with Crippen molar-refractivity contribution in [1.29, 1.82) is 0 Å². The van der Waals surface area contributed by atoms with E-state index in [1.807, 2.05) is 0 Å². The van der Waals surface area contributed by atoms with Gasteiger partial charge in [0.05, 0.1) is 12.3 Å². The average Bonchev–Trinajstić information content (AvgIpc) is 2.49. The molecule has 0 bridgehead atoms. The molecule has 0 heterocycles. The maximum Gasteiger partial charge on any atom is 0.128 e. The lowest BCUT2D eigenvalue weighted by Crippen LogP contribution is -1.99. The number of ether oxygens (including phenoxy) is 1. The predicted octanol–water partition coefficient (Wildman–Crippen LogP) is 4.72. The average molecular weight is 293 g/mol. The quantitative estimate of drug-likeness (QED) is 0.284. The lowest BCUT2D eigenvalue weighted by atomic mass is 10.1. The van der Waals surface area contributed by atoms with E-state index >= 15 is 0 Å². The van der Waals surface area contributed by atoms with Crippen molar-refractivity contribution < 1.29 is 15.1 Å². The molecule has 0 saturated heterocycles. The number of phenolic OH excluding ortho intramolecular Hbond substituents is 1. The second-order valence-corrected chi connectivity index (χ2v) is 5.33. The molecule has 0 aliphatic rings. The Hall–Kier alpha value is -1.71. The minimum absolute atomic E-state index is 0.0716. The highest BCUT2D eigenvalue weighted by Crippen LogP contribution is 2.24. The first-order chi connectivity index (χ1) is 10.2. The summed E-state index contributed by atoms with van der Waals surface area (Å²) in [5.74, 6) is 0.718. The smallest absolute Gasteiger partial charge is 0.128 e. The Bertz CT molecular complexity index is 444. The highest BCUT2D eigenvalue weighted by Gasteiger charge is 2.06. The van der Waals surface area contributed by atoms with Crippen molar-refractivity contribution in [2.75, 3.05) is 6.61 Å². The second-order valence-electron chi connectivity index (χ2n) is 5.33. The van der Waals surface area contributed by atoms with Crippen LogP contribution in [-0.4, -0.2) is 22.6 Å². The van der Waals surface area contributed by atoms with E-state index in [9.17, 15) is 5.11 Å². The summed E-state index contributed by atoms with van der Waals surface area (Å²) in [5, 5.41) is 21.6. The van der Waals surface area contributed by atoms with Crippen LogP contribution in [0.15, 0.2) is 23.4 Å². The number of rotatable bonds is 10. The molecule has 0 radical (unpaired) electrons. The van der Waals surface area contributed by atoms with E-state index in [1.54, 1.807) is 25.1 Å². The lowest BCUT2D eigenvalue weighted by Gasteiger charge is -2.08. The molecule has 118 valence electrons. The SMILES string of the molecule is CCCCCCCCCOc1ccc(/C(C)=N/O)c(O)c1. The summed E-state index contributed by atoms with van der Waals surface area (Å²) in [6, 6.07) is 5.04. The van der Waals surface area contributed by atoms with Gasteiger partial charge in [-0.25, -0.2) is 0 Å². The fourth-order valence-corrected chi connectivity index (χ4v) is 2.21. The number of nitrogens with zero attached hydrogens (tertiary/aromatic N) is 1. The van der Waals surface area contributed by atoms with Gasteiger partial charge in [-0.2, -0.15) is 0 Å². The Morgan fingerprint density at radius 2 is 1.76 bits per heavy atom. The third-order valence-electron chi connectivity index (χ3n) is 3.53. The summed E-state index contributed by atoms with van der Waals surface area (Å²) < 4.78 is 5.62. The van der Waals surface area contributed by atoms with Gasteiger partial charge in [0.25, 0.3) is 0 Å². The number of benzene rings is 1. The zero-order valence-corrected chi connectivity index (χ0v) is 13.1. The topological polar surface area (TPSA) is 62.0 Å². The molecular weight excluding hydrogens is 266 g/mol. The molecule has 0 atom stereocenters. The first-order valence-corrected chi connectivity index (χ1v) is 7.84. The number of aromatic hydroxyl groups is 1. The van der Waals surface area contributed by atoms with Crippen LogP contribution < -0.4 is 4.74 Å². The Kier molecular flexibility index (Phi) is 8.32. The van der Waals surface area contributed by atoms with Crippen molar-refractivity contribution in [3.8, 4) is 11.5 Å². The van der Waals surface area contributed by atoms with Gasteiger partial charge < -0.3 is 15.1 Å². The van der Waals surface area contributed by atoms with E-state index < -0.39 is 0 Å². The van der Waals surface area contributed by atoms with E-state index in [0.717, 1.165) is 6.42 Å². The fraction of sp³-hybridized carbons (Fsp3) is 0.588. The highest BCUT2D eigenvalue weighted by atomic mass is 16.5. The molecule has 0 aliphatic carbocycles. The van der Waals surface area contributed by atoms with E-state index in [4.69, 9.17) is 9.94 Å².